The number of rotatable bonds is 3. The standard InChI is InChI=1S/C15H19ClN2/c1-15(2,3)12-6-4-11(5-7-12)13(16)10-14-17-8-9-18-14/h4-9,13H,10H2,1-3H3,(H,17,18). The maximum Gasteiger partial charge on any atom is 0.107 e. The zero-order valence-corrected chi connectivity index (χ0v) is 11.8. The van der Waals surface area contributed by atoms with Crippen molar-refractivity contribution >= 4 is 11.6 Å². The highest BCUT2D eigenvalue weighted by atomic mass is 35.5. The van der Waals surface area contributed by atoms with E-state index >= 15 is 0 Å². The maximum absolute atomic E-state index is 6.40. The molecule has 0 spiro atoms. The van der Waals surface area contributed by atoms with Crippen LogP contribution in [0.25, 0.3) is 0 Å². The van der Waals surface area contributed by atoms with Crippen molar-refractivity contribution in [2.75, 3.05) is 0 Å². The lowest BCUT2D eigenvalue weighted by Crippen LogP contribution is -2.11. The fraction of sp³-hybridized carbons (Fsp3) is 0.400. The van der Waals surface area contributed by atoms with Crippen LogP contribution in [0.1, 0.15) is 43.1 Å². The molecule has 0 aliphatic heterocycles. The molecule has 2 aromatic rings. The Kier molecular flexibility index (Phi) is 3.76. The molecule has 1 aromatic heterocycles. The lowest BCUT2D eigenvalue weighted by Gasteiger charge is -2.19. The van der Waals surface area contributed by atoms with E-state index in [1.54, 1.807) is 6.20 Å². The molecule has 1 atom stereocenters. The number of aromatic nitrogens is 2. The van der Waals surface area contributed by atoms with E-state index in [4.69, 9.17) is 11.6 Å². The monoisotopic (exact) mass is 262 g/mol. The molecule has 0 aliphatic rings. The Morgan fingerprint density at radius 2 is 1.89 bits per heavy atom. The normalized spacial score (nSPS) is 13.6. The predicted molar refractivity (Wildman–Crippen MR) is 76.0 cm³/mol. The van der Waals surface area contributed by atoms with E-state index in [2.05, 4.69) is 55.0 Å². The van der Waals surface area contributed by atoms with Crippen LogP contribution < -0.4 is 0 Å². The summed E-state index contributed by atoms with van der Waals surface area (Å²) in [6.07, 6.45) is 4.30. The summed E-state index contributed by atoms with van der Waals surface area (Å²) in [5, 5.41) is -0.0369. The van der Waals surface area contributed by atoms with Crippen LogP contribution in [0.15, 0.2) is 36.7 Å². The number of hydrogen-bond acceptors (Lipinski definition) is 1. The molecule has 0 amide bonds. The van der Waals surface area contributed by atoms with Crippen LogP contribution in [0.4, 0.5) is 0 Å². The van der Waals surface area contributed by atoms with Crippen molar-refractivity contribution in [1.29, 1.82) is 0 Å². The molecule has 2 nitrogen and oxygen atoms in total. The van der Waals surface area contributed by atoms with Crippen LogP contribution in [-0.4, -0.2) is 9.97 Å². The molecular formula is C15H19ClN2. The second-order valence-corrected chi connectivity index (χ2v) is 6.11. The molecule has 1 aromatic carbocycles. The Morgan fingerprint density at radius 1 is 1.22 bits per heavy atom. The van der Waals surface area contributed by atoms with Gasteiger partial charge >= 0.3 is 0 Å². The van der Waals surface area contributed by atoms with Crippen molar-refractivity contribution in [3.05, 3.63) is 53.6 Å². The van der Waals surface area contributed by atoms with Crippen molar-refractivity contribution in [3.8, 4) is 0 Å². The van der Waals surface area contributed by atoms with Gasteiger partial charge in [0.05, 0.1) is 5.38 Å². The van der Waals surface area contributed by atoms with E-state index in [1.807, 2.05) is 6.20 Å². The van der Waals surface area contributed by atoms with Crippen LogP contribution >= 0.6 is 11.6 Å². The van der Waals surface area contributed by atoms with Gasteiger partial charge < -0.3 is 4.98 Å². The average Bonchev–Trinajstić information content (AvgIpc) is 2.81. The number of nitrogens with one attached hydrogen (secondary N) is 1. The smallest absolute Gasteiger partial charge is 0.107 e. The highest BCUT2D eigenvalue weighted by Gasteiger charge is 2.15. The van der Waals surface area contributed by atoms with Crippen molar-refractivity contribution in [2.45, 2.75) is 38.0 Å². The summed E-state index contributed by atoms with van der Waals surface area (Å²) < 4.78 is 0. The minimum Gasteiger partial charge on any atom is -0.349 e. The van der Waals surface area contributed by atoms with Crippen molar-refractivity contribution in [2.24, 2.45) is 0 Å². The fourth-order valence-corrected chi connectivity index (χ4v) is 2.18. The molecule has 0 bridgehead atoms. The Bertz CT molecular complexity index is 480. The van der Waals surface area contributed by atoms with E-state index in [1.165, 1.54) is 5.56 Å². The summed E-state index contributed by atoms with van der Waals surface area (Å²) in [5.41, 5.74) is 2.65. The molecule has 0 saturated carbocycles. The number of benzene rings is 1. The third kappa shape index (κ3) is 3.14. The maximum atomic E-state index is 6.40. The highest BCUT2D eigenvalue weighted by molar-refractivity contribution is 6.20. The number of nitrogens with zero attached hydrogens (tertiary/aromatic N) is 1. The van der Waals surface area contributed by atoms with Crippen LogP contribution in [0.2, 0.25) is 0 Å². The zero-order chi connectivity index (χ0) is 13.2. The molecule has 0 fully saturated rings. The Labute approximate surface area is 113 Å². The SMILES string of the molecule is CC(C)(C)c1ccc(C(Cl)Cc2ncc[nH]2)cc1. The van der Waals surface area contributed by atoms with Gasteiger partial charge in [-0.15, -0.1) is 11.6 Å². The third-order valence-corrected chi connectivity index (χ3v) is 3.47. The van der Waals surface area contributed by atoms with Gasteiger partial charge in [0.15, 0.2) is 0 Å². The Hall–Kier alpha value is -1.28. The molecule has 1 unspecified atom stereocenters. The van der Waals surface area contributed by atoms with Crippen molar-refractivity contribution in [1.82, 2.24) is 9.97 Å². The van der Waals surface area contributed by atoms with Gasteiger partial charge in [-0.05, 0) is 16.5 Å². The van der Waals surface area contributed by atoms with E-state index < -0.39 is 0 Å². The van der Waals surface area contributed by atoms with Gasteiger partial charge in [0, 0.05) is 18.8 Å². The molecule has 0 aliphatic carbocycles. The quantitative estimate of drug-likeness (QED) is 0.824. The Balaban J connectivity index is 2.10. The van der Waals surface area contributed by atoms with Gasteiger partial charge in [-0.1, -0.05) is 45.0 Å². The van der Waals surface area contributed by atoms with E-state index in [0.717, 1.165) is 17.8 Å². The summed E-state index contributed by atoms with van der Waals surface area (Å²) in [6, 6.07) is 8.54. The first-order valence-corrected chi connectivity index (χ1v) is 6.63. The van der Waals surface area contributed by atoms with Gasteiger partial charge in [-0.25, -0.2) is 4.98 Å². The first kappa shape index (κ1) is 13.2. The zero-order valence-electron chi connectivity index (χ0n) is 11.1. The lowest BCUT2D eigenvalue weighted by molar-refractivity contribution is 0.590. The van der Waals surface area contributed by atoms with Crippen LogP contribution in [-0.2, 0) is 11.8 Å². The van der Waals surface area contributed by atoms with E-state index in [-0.39, 0.29) is 10.8 Å². The largest absolute Gasteiger partial charge is 0.349 e. The van der Waals surface area contributed by atoms with Gasteiger partial charge in [0.2, 0.25) is 0 Å². The summed E-state index contributed by atoms with van der Waals surface area (Å²) in [7, 11) is 0. The van der Waals surface area contributed by atoms with Crippen LogP contribution in [0.5, 0.6) is 0 Å². The summed E-state index contributed by atoms with van der Waals surface area (Å²) in [5.74, 6) is 0.926. The van der Waals surface area contributed by atoms with E-state index in [9.17, 15) is 0 Å². The van der Waals surface area contributed by atoms with Crippen molar-refractivity contribution < 1.29 is 0 Å². The summed E-state index contributed by atoms with van der Waals surface area (Å²) in [4.78, 5) is 7.28. The van der Waals surface area contributed by atoms with Gasteiger partial charge in [0.1, 0.15) is 5.82 Å². The molecule has 3 heteroatoms. The second-order valence-electron chi connectivity index (χ2n) is 5.58. The molecule has 0 radical (unpaired) electrons. The van der Waals surface area contributed by atoms with Crippen LogP contribution in [0, 0.1) is 0 Å². The fourth-order valence-electron chi connectivity index (χ4n) is 1.89. The number of alkyl halides is 1. The number of H-pyrrole nitrogens is 1. The molecule has 18 heavy (non-hydrogen) atoms. The van der Waals surface area contributed by atoms with E-state index in [0.29, 0.717) is 0 Å². The minimum atomic E-state index is -0.0369. The number of aromatic amines is 1. The topological polar surface area (TPSA) is 28.7 Å². The number of halogens is 1. The molecule has 0 saturated heterocycles. The molecule has 1 N–H and O–H groups in total. The first-order chi connectivity index (χ1) is 8.47. The number of imidazole rings is 1. The molecule has 2 rings (SSSR count). The molecular weight excluding hydrogens is 244 g/mol. The number of hydrogen-bond donors (Lipinski definition) is 1. The molecule has 96 valence electrons. The second kappa shape index (κ2) is 5.15. The summed E-state index contributed by atoms with van der Waals surface area (Å²) >= 11 is 6.40. The average molecular weight is 263 g/mol. The molecule has 1 heterocycles. The third-order valence-electron chi connectivity index (χ3n) is 3.07. The Morgan fingerprint density at radius 3 is 2.39 bits per heavy atom. The van der Waals surface area contributed by atoms with Gasteiger partial charge in [0.25, 0.3) is 0 Å². The lowest BCUT2D eigenvalue weighted by atomic mass is 9.86. The first-order valence-electron chi connectivity index (χ1n) is 6.19. The predicted octanol–water partition coefficient (Wildman–Crippen LogP) is 4.23. The minimum absolute atomic E-state index is 0.0369. The van der Waals surface area contributed by atoms with Crippen LogP contribution in [0.3, 0.4) is 0 Å². The highest BCUT2D eigenvalue weighted by Crippen LogP contribution is 2.27. The van der Waals surface area contributed by atoms with Gasteiger partial charge in [-0.3, -0.25) is 0 Å². The summed E-state index contributed by atoms with van der Waals surface area (Å²) in [6.45, 7) is 6.63. The van der Waals surface area contributed by atoms with Crippen molar-refractivity contribution in [3.63, 3.8) is 0 Å². The van der Waals surface area contributed by atoms with Gasteiger partial charge in [-0.2, -0.15) is 0 Å².